The van der Waals surface area contributed by atoms with Crippen LogP contribution in [-0.2, 0) is 19.5 Å². The van der Waals surface area contributed by atoms with Gasteiger partial charge in [-0.25, -0.2) is 0 Å². The zero-order chi connectivity index (χ0) is 5.11. The molecule has 1 radical (unpaired) electrons. The van der Waals surface area contributed by atoms with Crippen LogP contribution in [0.5, 0.6) is 0 Å². The van der Waals surface area contributed by atoms with Crippen molar-refractivity contribution in [1.82, 2.24) is 0 Å². The second kappa shape index (κ2) is 4.18. The Morgan fingerprint density at radius 3 is 1.75 bits per heavy atom. The maximum absolute atomic E-state index is 2.63. The molecule has 0 heterocycles. The summed E-state index contributed by atoms with van der Waals surface area (Å²) >= 11 is 0. The summed E-state index contributed by atoms with van der Waals surface area (Å²) in [4.78, 5) is 0. The van der Waals surface area contributed by atoms with Gasteiger partial charge in [-0.15, -0.1) is 9.24 Å². The molecule has 0 saturated heterocycles. The second-order valence-electron chi connectivity index (χ2n) is 1.41. The summed E-state index contributed by atoms with van der Waals surface area (Å²) in [6.07, 6.45) is 0. The zero-order valence-electron chi connectivity index (χ0n) is 4.30. The van der Waals surface area contributed by atoms with E-state index in [4.69, 9.17) is 0 Å². The molecule has 0 aliphatic heterocycles. The molecule has 2 heteroatoms. The molecule has 0 aliphatic rings. The van der Waals surface area contributed by atoms with Crippen LogP contribution in [0.3, 0.4) is 0 Å². The molecule has 0 N–H and O–H groups in total. The van der Waals surface area contributed by atoms with Crippen molar-refractivity contribution in [2.24, 2.45) is 0 Å². The molecule has 8 heavy (non-hydrogen) atoms. The van der Waals surface area contributed by atoms with E-state index < -0.39 is 0 Å². The van der Waals surface area contributed by atoms with E-state index >= 15 is 0 Å². The first-order valence-electron chi connectivity index (χ1n) is 2.20. The van der Waals surface area contributed by atoms with E-state index in [9.17, 15) is 0 Å². The standard InChI is InChI=1S/C6H7P.Rh/c7-6-4-2-1-3-5-6;/h1-5H,7H2;. The predicted octanol–water partition coefficient (Wildman–Crippen LogP) is 1.18. The number of rotatable bonds is 0. The van der Waals surface area contributed by atoms with Gasteiger partial charge in [-0.3, -0.25) is 0 Å². The fraction of sp³-hybridized carbons (Fsp3) is 0. The van der Waals surface area contributed by atoms with Gasteiger partial charge in [0.1, 0.15) is 0 Å². The Kier molecular flexibility index (Phi) is 4.32. The van der Waals surface area contributed by atoms with Gasteiger partial charge in [-0.2, -0.15) is 0 Å². The van der Waals surface area contributed by atoms with Gasteiger partial charge in [-0.05, 0) is 5.30 Å². The first kappa shape index (κ1) is 8.27. The Balaban J connectivity index is 0.000000490. The molecule has 0 amide bonds. The Hall–Kier alpha value is 0.273. The third kappa shape index (κ3) is 2.55. The maximum Gasteiger partial charge on any atom is 0 e. The third-order valence-electron chi connectivity index (χ3n) is 0.800. The molecule has 0 bridgehead atoms. The van der Waals surface area contributed by atoms with Crippen molar-refractivity contribution in [3.05, 3.63) is 30.3 Å². The van der Waals surface area contributed by atoms with Crippen LogP contribution in [0.4, 0.5) is 0 Å². The fourth-order valence-corrected chi connectivity index (χ4v) is 0.675. The molecule has 1 aromatic carbocycles. The van der Waals surface area contributed by atoms with Gasteiger partial charge < -0.3 is 0 Å². The first-order valence-corrected chi connectivity index (χ1v) is 2.78. The summed E-state index contributed by atoms with van der Waals surface area (Å²) in [7, 11) is 2.63. The third-order valence-corrected chi connectivity index (χ3v) is 1.18. The average Bonchev–Trinajstić information content (AvgIpc) is 1.69. The maximum atomic E-state index is 2.63. The Bertz CT molecular complexity index is 138. The Labute approximate surface area is 64.6 Å². The minimum absolute atomic E-state index is 0. The van der Waals surface area contributed by atoms with Crippen molar-refractivity contribution >= 4 is 14.5 Å². The molecule has 0 nitrogen and oxygen atoms in total. The summed E-state index contributed by atoms with van der Waals surface area (Å²) in [5.41, 5.74) is 0. The van der Waals surface area contributed by atoms with Gasteiger partial charge in [0.2, 0.25) is 0 Å². The molecule has 1 atom stereocenters. The van der Waals surface area contributed by atoms with E-state index in [1.165, 1.54) is 5.30 Å². The molecule has 0 spiro atoms. The predicted molar refractivity (Wildman–Crippen MR) is 35.8 cm³/mol. The first-order chi connectivity index (χ1) is 3.39. The number of hydrogen-bond acceptors (Lipinski definition) is 0. The summed E-state index contributed by atoms with van der Waals surface area (Å²) in [5, 5.41) is 1.24. The SMILES string of the molecule is Pc1ccccc1.[Rh]. The van der Waals surface area contributed by atoms with E-state index in [-0.39, 0.29) is 19.5 Å². The van der Waals surface area contributed by atoms with Gasteiger partial charge in [0.25, 0.3) is 0 Å². The molecule has 0 aliphatic carbocycles. The van der Waals surface area contributed by atoms with Gasteiger partial charge in [0.15, 0.2) is 0 Å². The molecule has 1 aromatic rings. The van der Waals surface area contributed by atoms with Crippen molar-refractivity contribution in [3.63, 3.8) is 0 Å². The molecule has 1 unspecified atom stereocenters. The van der Waals surface area contributed by atoms with E-state index in [1.807, 2.05) is 30.3 Å². The van der Waals surface area contributed by atoms with E-state index in [2.05, 4.69) is 9.24 Å². The van der Waals surface area contributed by atoms with Crippen LogP contribution in [0, 0.1) is 0 Å². The summed E-state index contributed by atoms with van der Waals surface area (Å²) < 4.78 is 0. The van der Waals surface area contributed by atoms with Gasteiger partial charge in [0.05, 0.1) is 0 Å². The molecule has 45 valence electrons. The van der Waals surface area contributed by atoms with Crippen LogP contribution in [-0.4, -0.2) is 0 Å². The van der Waals surface area contributed by atoms with Crippen LogP contribution in [0.15, 0.2) is 30.3 Å². The molecule has 0 aromatic heterocycles. The van der Waals surface area contributed by atoms with Gasteiger partial charge in [0, 0.05) is 19.5 Å². The largest absolute Gasteiger partial charge is 0.106 e. The van der Waals surface area contributed by atoms with Crippen molar-refractivity contribution < 1.29 is 19.5 Å². The van der Waals surface area contributed by atoms with Crippen LogP contribution in [0.1, 0.15) is 0 Å². The number of hydrogen-bond donors (Lipinski definition) is 0. The van der Waals surface area contributed by atoms with Crippen molar-refractivity contribution in [2.45, 2.75) is 0 Å². The summed E-state index contributed by atoms with van der Waals surface area (Å²) in [6, 6.07) is 10.1. The molecule has 1 rings (SSSR count). The number of benzene rings is 1. The van der Waals surface area contributed by atoms with Gasteiger partial charge >= 0.3 is 0 Å². The van der Waals surface area contributed by atoms with Crippen LogP contribution >= 0.6 is 9.24 Å². The van der Waals surface area contributed by atoms with Crippen LogP contribution < -0.4 is 5.30 Å². The normalized spacial score (nSPS) is 7.62. The summed E-state index contributed by atoms with van der Waals surface area (Å²) in [6.45, 7) is 0. The van der Waals surface area contributed by atoms with E-state index in [0.29, 0.717) is 0 Å². The molecular weight excluding hydrogens is 206 g/mol. The van der Waals surface area contributed by atoms with Crippen molar-refractivity contribution in [3.8, 4) is 0 Å². The molecule has 0 saturated carbocycles. The monoisotopic (exact) mass is 213 g/mol. The minimum atomic E-state index is 0. The van der Waals surface area contributed by atoms with Crippen molar-refractivity contribution in [2.75, 3.05) is 0 Å². The molecule has 0 fully saturated rings. The topological polar surface area (TPSA) is 0 Å². The smallest absolute Gasteiger partial charge is 0 e. The minimum Gasteiger partial charge on any atom is -0.106 e. The molecular formula is C6H7PRh. The van der Waals surface area contributed by atoms with E-state index in [0.717, 1.165) is 0 Å². The van der Waals surface area contributed by atoms with Gasteiger partial charge in [-0.1, -0.05) is 30.3 Å². The van der Waals surface area contributed by atoms with Crippen LogP contribution in [0.2, 0.25) is 0 Å². The zero-order valence-corrected chi connectivity index (χ0v) is 7.09. The average molecular weight is 213 g/mol. The Morgan fingerprint density at radius 2 is 1.50 bits per heavy atom. The second-order valence-corrected chi connectivity index (χ2v) is 2.08. The summed E-state index contributed by atoms with van der Waals surface area (Å²) in [5.74, 6) is 0. The van der Waals surface area contributed by atoms with Crippen molar-refractivity contribution in [1.29, 1.82) is 0 Å². The fourth-order valence-electron chi connectivity index (χ4n) is 0.453. The Morgan fingerprint density at radius 1 is 1.00 bits per heavy atom. The van der Waals surface area contributed by atoms with E-state index in [1.54, 1.807) is 0 Å². The van der Waals surface area contributed by atoms with Crippen LogP contribution in [0.25, 0.3) is 0 Å². The quantitative estimate of drug-likeness (QED) is 0.448.